The smallest absolute Gasteiger partial charge is 0.0867 e. The van der Waals surface area contributed by atoms with Crippen LogP contribution in [0.4, 0.5) is 0 Å². The van der Waals surface area contributed by atoms with Crippen molar-refractivity contribution in [1.29, 1.82) is 0 Å². The predicted molar refractivity (Wildman–Crippen MR) is 52.7 cm³/mol. The summed E-state index contributed by atoms with van der Waals surface area (Å²) < 4.78 is 0. The van der Waals surface area contributed by atoms with E-state index >= 15 is 0 Å². The maximum absolute atomic E-state index is 10.5. The molecule has 78 valence electrons. The van der Waals surface area contributed by atoms with E-state index in [4.69, 9.17) is 0 Å². The van der Waals surface area contributed by atoms with Gasteiger partial charge in [0.25, 0.3) is 0 Å². The lowest BCUT2D eigenvalue weighted by molar-refractivity contribution is -0.130. The molecule has 0 aliphatic heterocycles. The molecule has 4 rings (SSSR count). The van der Waals surface area contributed by atoms with E-state index in [1.165, 1.54) is 19.3 Å². The van der Waals surface area contributed by atoms with Gasteiger partial charge < -0.3 is 5.11 Å². The van der Waals surface area contributed by atoms with E-state index in [9.17, 15) is 10.0 Å². The van der Waals surface area contributed by atoms with Crippen LogP contribution in [0.25, 0.3) is 0 Å². The highest BCUT2D eigenvalue weighted by Gasteiger charge is 2.54. The van der Waals surface area contributed by atoms with Crippen LogP contribution >= 0.6 is 0 Å². The number of rotatable bonds is 2. The summed E-state index contributed by atoms with van der Waals surface area (Å²) in [7, 11) is 0. The van der Waals surface area contributed by atoms with Crippen LogP contribution in [0.15, 0.2) is 5.18 Å². The molecule has 0 aromatic carbocycles. The van der Waals surface area contributed by atoms with Crippen molar-refractivity contribution in [3.05, 3.63) is 4.91 Å². The summed E-state index contributed by atoms with van der Waals surface area (Å²) in [6.45, 7) is 0.489. The van der Waals surface area contributed by atoms with Crippen LogP contribution in [0.5, 0.6) is 0 Å². The maximum Gasteiger partial charge on any atom is 0.0867 e. The highest BCUT2D eigenvalue weighted by Crippen LogP contribution is 2.59. The summed E-state index contributed by atoms with van der Waals surface area (Å²) in [5.41, 5.74) is 0.192. The normalized spacial score (nSPS) is 54.9. The molecule has 4 fully saturated rings. The van der Waals surface area contributed by atoms with Crippen LogP contribution in [0.3, 0.4) is 0 Å². The van der Waals surface area contributed by atoms with Gasteiger partial charge in [0.2, 0.25) is 0 Å². The van der Waals surface area contributed by atoms with Crippen molar-refractivity contribution in [3.63, 3.8) is 0 Å². The molecule has 0 aromatic heterocycles. The zero-order valence-electron chi connectivity index (χ0n) is 8.35. The number of hydrogen-bond donors (Lipinski definition) is 1. The molecular formula is C11H17NO2. The van der Waals surface area contributed by atoms with E-state index in [2.05, 4.69) is 5.18 Å². The molecule has 4 aliphatic rings. The molecule has 3 nitrogen and oxygen atoms in total. The Kier molecular flexibility index (Phi) is 1.76. The Bertz CT molecular complexity index is 250. The van der Waals surface area contributed by atoms with E-state index in [1.54, 1.807) is 0 Å². The van der Waals surface area contributed by atoms with Crippen molar-refractivity contribution in [3.8, 4) is 0 Å². The third-order valence-corrected chi connectivity index (χ3v) is 4.75. The maximum atomic E-state index is 10.5. The average Bonchev–Trinajstić information content (AvgIpc) is 2.12. The Morgan fingerprint density at radius 1 is 1.21 bits per heavy atom. The molecule has 1 N–H and O–H groups in total. The molecule has 0 spiro atoms. The summed E-state index contributed by atoms with van der Waals surface area (Å²) in [5.74, 6) is 1.73. The van der Waals surface area contributed by atoms with E-state index in [0.29, 0.717) is 18.4 Å². The van der Waals surface area contributed by atoms with E-state index < -0.39 is 0 Å². The van der Waals surface area contributed by atoms with E-state index in [0.717, 1.165) is 18.8 Å². The van der Waals surface area contributed by atoms with Gasteiger partial charge in [-0.1, -0.05) is 5.18 Å². The lowest BCUT2D eigenvalue weighted by Gasteiger charge is -2.58. The first-order valence-electron chi connectivity index (χ1n) is 5.70. The number of nitroso groups, excluding NO2 is 1. The van der Waals surface area contributed by atoms with Crippen molar-refractivity contribution in [1.82, 2.24) is 0 Å². The molecule has 3 heteroatoms. The van der Waals surface area contributed by atoms with Gasteiger partial charge in [-0.15, -0.1) is 0 Å². The summed E-state index contributed by atoms with van der Waals surface area (Å²) >= 11 is 0. The Morgan fingerprint density at radius 2 is 1.86 bits per heavy atom. The first-order chi connectivity index (χ1) is 6.72. The summed E-state index contributed by atoms with van der Waals surface area (Å²) in [6.07, 6.45) is 5.60. The molecule has 2 atom stereocenters. The summed E-state index contributed by atoms with van der Waals surface area (Å²) in [5, 5.41) is 13.1. The Morgan fingerprint density at radius 3 is 2.43 bits per heavy atom. The van der Waals surface area contributed by atoms with Crippen molar-refractivity contribution in [2.45, 2.75) is 38.2 Å². The van der Waals surface area contributed by atoms with Crippen LogP contribution in [0.1, 0.15) is 32.1 Å². The molecule has 4 aliphatic carbocycles. The highest BCUT2D eigenvalue weighted by molar-refractivity contribution is 5.05. The standard InChI is InChI=1S/C11H17NO2/c13-10-8-1-7-2-9(10)5-11(3-7,4-8)6-12-14/h7-10,13H,1-6H2. The molecule has 0 heterocycles. The summed E-state index contributed by atoms with van der Waals surface area (Å²) in [6, 6.07) is 0. The van der Waals surface area contributed by atoms with Gasteiger partial charge in [-0.2, -0.15) is 4.91 Å². The average molecular weight is 195 g/mol. The highest BCUT2D eigenvalue weighted by atomic mass is 16.3. The van der Waals surface area contributed by atoms with Crippen molar-refractivity contribution in [2.75, 3.05) is 6.54 Å². The lowest BCUT2D eigenvalue weighted by Crippen LogP contribution is -2.54. The molecule has 0 aromatic rings. The third-order valence-electron chi connectivity index (χ3n) is 4.75. The molecule has 0 radical (unpaired) electrons. The monoisotopic (exact) mass is 195 g/mol. The zero-order chi connectivity index (χ0) is 9.76. The van der Waals surface area contributed by atoms with E-state index in [1.807, 2.05) is 0 Å². The number of aliphatic hydroxyl groups is 1. The van der Waals surface area contributed by atoms with E-state index in [-0.39, 0.29) is 11.5 Å². The predicted octanol–water partition coefficient (Wildman–Crippen LogP) is 1.94. The summed E-state index contributed by atoms with van der Waals surface area (Å²) in [4.78, 5) is 10.5. The Hall–Kier alpha value is -0.440. The quantitative estimate of drug-likeness (QED) is 0.684. The topological polar surface area (TPSA) is 49.7 Å². The molecular weight excluding hydrogens is 178 g/mol. The van der Waals surface area contributed by atoms with Gasteiger partial charge in [0, 0.05) is 0 Å². The fourth-order valence-corrected chi connectivity index (χ4v) is 4.50. The van der Waals surface area contributed by atoms with Crippen LogP contribution in [-0.2, 0) is 0 Å². The van der Waals surface area contributed by atoms with Gasteiger partial charge in [0.15, 0.2) is 0 Å². The van der Waals surface area contributed by atoms with Gasteiger partial charge in [0.05, 0.1) is 12.6 Å². The van der Waals surface area contributed by atoms with Gasteiger partial charge in [-0.3, -0.25) is 0 Å². The minimum Gasteiger partial charge on any atom is -0.393 e. The van der Waals surface area contributed by atoms with Gasteiger partial charge in [0.1, 0.15) is 0 Å². The molecule has 4 bridgehead atoms. The van der Waals surface area contributed by atoms with Crippen LogP contribution in [0, 0.1) is 28.1 Å². The first kappa shape index (κ1) is 8.84. The van der Waals surface area contributed by atoms with Gasteiger partial charge in [-0.05, 0) is 55.3 Å². The number of nitrogens with zero attached hydrogens (tertiary/aromatic N) is 1. The zero-order valence-corrected chi connectivity index (χ0v) is 8.35. The van der Waals surface area contributed by atoms with Crippen LogP contribution in [-0.4, -0.2) is 17.8 Å². The van der Waals surface area contributed by atoms with Crippen molar-refractivity contribution in [2.24, 2.45) is 28.3 Å². The molecule has 4 saturated carbocycles. The third kappa shape index (κ3) is 1.08. The second kappa shape index (κ2) is 2.78. The molecule has 14 heavy (non-hydrogen) atoms. The minimum atomic E-state index is -0.0775. The Balaban J connectivity index is 1.88. The molecule has 0 saturated heterocycles. The second-order valence-corrected chi connectivity index (χ2v) is 5.75. The Labute approximate surface area is 83.9 Å². The fraction of sp³-hybridized carbons (Fsp3) is 1.00. The fourth-order valence-electron chi connectivity index (χ4n) is 4.50. The largest absolute Gasteiger partial charge is 0.393 e. The first-order valence-corrected chi connectivity index (χ1v) is 5.70. The van der Waals surface area contributed by atoms with Crippen molar-refractivity contribution < 1.29 is 5.11 Å². The molecule has 2 unspecified atom stereocenters. The minimum absolute atomic E-state index is 0.0775. The van der Waals surface area contributed by atoms with Crippen LogP contribution < -0.4 is 0 Å². The molecule has 0 amide bonds. The lowest BCUT2D eigenvalue weighted by atomic mass is 9.48. The van der Waals surface area contributed by atoms with Gasteiger partial charge in [-0.25, -0.2) is 0 Å². The van der Waals surface area contributed by atoms with Gasteiger partial charge >= 0.3 is 0 Å². The number of aliphatic hydroxyl groups excluding tert-OH is 1. The number of hydrogen-bond acceptors (Lipinski definition) is 3. The van der Waals surface area contributed by atoms with Crippen LogP contribution in [0.2, 0.25) is 0 Å². The van der Waals surface area contributed by atoms with Crippen molar-refractivity contribution >= 4 is 0 Å². The SMILES string of the molecule is O=NCC12CC3CC(C1)C(O)C(C3)C2. The second-order valence-electron chi connectivity index (χ2n) is 5.75.